The van der Waals surface area contributed by atoms with E-state index in [4.69, 9.17) is 10.5 Å². The molecule has 2 atom stereocenters. The Bertz CT molecular complexity index is 410. The Balaban J connectivity index is 1.86. The molecule has 16 heavy (non-hydrogen) atoms. The highest BCUT2D eigenvalue weighted by atomic mass is 32.1. The van der Waals surface area contributed by atoms with Gasteiger partial charge in [0.1, 0.15) is 5.76 Å². The van der Waals surface area contributed by atoms with Gasteiger partial charge in [-0.3, -0.25) is 0 Å². The molecule has 1 aromatic heterocycles. The van der Waals surface area contributed by atoms with E-state index in [-0.39, 0.29) is 6.04 Å². The average molecular weight is 235 g/mol. The number of hydrogen-bond donors (Lipinski definition) is 1. The average Bonchev–Trinajstić information content (AvgIpc) is 2.98. The van der Waals surface area contributed by atoms with Crippen LogP contribution in [0.25, 0.3) is 0 Å². The van der Waals surface area contributed by atoms with E-state index < -0.39 is 0 Å². The number of rotatable bonds is 2. The second-order valence-corrected chi connectivity index (χ2v) is 5.57. The first-order valence-corrected chi connectivity index (χ1v) is 6.89. The van der Waals surface area contributed by atoms with Crippen molar-refractivity contribution in [3.63, 3.8) is 0 Å². The Morgan fingerprint density at radius 1 is 1.50 bits per heavy atom. The fraction of sp³-hybridized carbons (Fsp3) is 0.538. The molecular weight excluding hydrogens is 218 g/mol. The van der Waals surface area contributed by atoms with Gasteiger partial charge >= 0.3 is 0 Å². The van der Waals surface area contributed by atoms with Gasteiger partial charge in [-0.2, -0.15) is 0 Å². The van der Waals surface area contributed by atoms with Crippen LogP contribution >= 0.6 is 11.3 Å². The van der Waals surface area contributed by atoms with E-state index in [1.807, 2.05) is 11.3 Å². The van der Waals surface area contributed by atoms with Crippen LogP contribution in [0.15, 0.2) is 23.3 Å². The van der Waals surface area contributed by atoms with E-state index in [1.54, 1.807) is 0 Å². The molecule has 0 saturated carbocycles. The summed E-state index contributed by atoms with van der Waals surface area (Å²) in [5.41, 5.74) is 7.81. The van der Waals surface area contributed by atoms with Crippen LogP contribution in [0.4, 0.5) is 0 Å². The Morgan fingerprint density at radius 3 is 3.25 bits per heavy atom. The van der Waals surface area contributed by atoms with Gasteiger partial charge < -0.3 is 10.5 Å². The summed E-state index contributed by atoms with van der Waals surface area (Å²) in [7, 11) is 0. The van der Waals surface area contributed by atoms with Gasteiger partial charge in [-0.15, -0.1) is 11.3 Å². The Morgan fingerprint density at radius 2 is 2.44 bits per heavy atom. The third-order valence-corrected chi connectivity index (χ3v) is 4.59. The molecule has 3 rings (SSSR count). The van der Waals surface area contributed by atoms with Gasteiger partial charge in [0, 0.05) is 17.2 Å². The Kier molecular flexibility index (Phi) is 2.74. The highest BCUT2D eigenvalue weighted by Crippen LogP contribution is 2.38. The Labute approximate surface area is 100 Å². The van der Waals surface area contributed by atoms with Crippen LogP contribution in [0.1, 0.15) is 35.6 Å². The van der Waals surface area contributed by atoms with Crippen LogP contribution in [-0.2, 0) is 11.2 Å². The minimum Gasteiger partial charge on any atom is -0.496 e. The number of aryl methyl sites for hydroxylation is 1. The van der Waals surface area contributed by atoms with Crippen molar-refractivity contribution in [1.82, 2.24) is 0 Å². The van der Waals surface area contributed by atoms with Crippen molar-refractivity contribution in [3.8, 4) is 0 Å². The smallest absolute Gasteiger partial charge is 0.109 e. The zero-order valence-corrected chi connectivity index (χ0v) is 10.1. The van der Waals surface area contributed by atoms with E-state index in [0.29, 0.717) is 5.92 Å². The van der Waals surface area contributed by atoms with Gasteiger partial charge in [0.05, 0.1) is 12.6 Å². The maximum atomic E-state index is 6.34. The summed E-state index contributed by atoms with van der Waals surface area (Å²) in [5, 5.41) is 2.19. The van der Waals surface area contributed by atoms with Crippen molar-refractivity contribution < 1.29 is 4.74 Å². The molecule has 0 spiro atoms. The fourth-order valence-electron chi connectivity index (χ4n) is 2.76. The van der Waals surface area contributed by atoms with Crippen molar-refractivity contribution >= 4 is 11.3 Å². The van der Waals surface area contributed by atoms with Gasteiger partial charge in [0.25, 0.3) is 0 Å². The lowest BCUT2D eigenvalue weighted by Gasteiger charge is -2.28. The van der Waals surface area contributed by atoms with Gasteiger partial charge in [-0.05, 0) is 42.3 Å². The third kappa shape index (κ3) is 1.68. The van der Waals surface area contributed by atoms with Crippen molar-refractivity contribution in [2.24, 2.45) is 5.73 Å². The third-order valence-electron chi connectivity index (χ3n) is 3.59. The lowest BCUT2D eigenvalue weighted by Crippen LogP contribution is -2.32. The molecule has 1 aromatic rings. The van der Waals surface area contributed by atoms with Crippen LogP contribution in [0.3, 0.4) is 0 Å². The standard InChI is InChI=1S/C13H17NOS/c14-13(11-4-2-7-15-11)10-3-1-5-12-9(10)6-8-16-12/h4,6,8,10,13H,1-3,5,7,14H2. The van der Waals surface area contributed by atoms with E-state index in [0.717, 1.165) is 18.8 Å². The van der Waals surface area contributed by atoms with Crippen LogP contribution in [0.2, 0.25) is 0 Å². The molecule has 0 radical (unpaired) electrons. The number of thiophene rings is 1. The molecule has 2 nitrogen and oxygen atoms in total. The second-order valence-electron chi connectivity index (χ2n) is 4.57. The minimum atomic E-state index is 0.0659. The first kappa shape index (κ1) is 10.4. The summed E-state index contributed by atoms with van der Waals surface area (Å²) in [6.07, 6.45) is 6.87. The largest absolute Gasteiger partial charge is 0.496 e. The second kappa shape index (κ2) is 4.22. The van der Waals surface area contributed by atoms with E-state index >= 15 is 0 Å². The van der Waals surface area contributed by atoms with Crippen LogP contribution in [0, 0.1) is 0 Å². The van der Waals surface area contributed by atoms with Crippen molar-refractivity contribution in [2.45, 2.75) is 37.6 Å². The number of nitrogens with two attached hydrogens (primary N) is 1. The molecule has 2 unspecified atom stereocenters. The van der Waals surface area contributed by atoms with Crippen LogP contribution in [-0.4, -0.2) is 12.6 Å². The van der Waals surface area contributed by atoms with E-state index in [9.17, 15) is 0 Å². The molecule has 2 heterocycles. The molecular formula is C13H17NOS. The number of fused-ring (bicyclic) bond motifs is 1. The summed E-state index contributed by atoms with van der Waals surface area (Å²) in [4.78, 5) is 1.53. The van der Waals surface area contributed by atoms with Crippen molar-refractivity contribution in [2.75, 3.05) is 6.61 Å². The highest BCUT2D eigenvalue weighted by Gasteiger charge is 2.30. The predicted octanol–water partition coefficient (Wildman–Crippen LogP) is 2.80. The molecule has 1 aliphatic heterocycles. The van der Waals surface area contributed by atoms with Gasteiger partial charge in [-0.1, -0.05) is 0 Å². The molecule has 3 heteroatoms. The molecule has 0 fully saturated rings. The van der Waals surface area contributed by atoms with Gasteiger partial charge in [0.15, 0.2) is 0 Å². The lowest BCUT2D eigenvalue weighted by molar-refractivity contribution is 0.214. The normalized spacial score (nSPS) is 25.8. The first-order valence-electron chi connectivity index (χ1n) is 6.01. The predicted molar refractivity (Wildman–Crippen MR) is 66.6 cm³/mol. The molecule has 2 N–H and O–H groups in total. The maximum absolute atomic E-state index is 6.34. The maximum Gasteiger partial charge on any atom is 0.109 e. The SMILES string of the molecule is NC(C1=CCCO1)C1CCCc2sccc21. The minimum absolute atomic E-state index is 0.0659. The summed E-state index contributed by atoms with van der Waals surface area (Å²) < 4.78 is 5.60. The van der Waals surface area contributed by atoms with Gasteiger partial charge in [-0.25, -0.2) is 0 Å². The summed E-state index contributed by atoms with van der Waals surface area (Å²) in [6.45, 7) is 0.812. The molecule has 0 amide bonds. The fourth-order valence-corrected chi connectivity index (χ4v) is 3.76. The summed E-state index contributed by atoms with van der Waals surface area (Å²) in [5.74, 6) is 1.49. The molecule has 0 aromatic carbocycles. The molecule has 0 saturated heterocycles. The quantitative estimate of drug-likeness (QED) is 0.855. The zero-order chi connectivity index (χ0) is 11.0. The summed E-state index contributed by atoms with van der Waals surface area (Å²) in [6, 6.07) is 2.32. The molecule has 86 valence electrons. The first-order chi connectivity index (χ1) is 7.86. The topological polar surface area (TPSA) is 35.2 Å². The number of hydrogen-bond acceptors (Lipinski definition) is 3. The monoisotopic (exact) mass is 235 g/mol. The van der Waals surface area contributed by atoms with E-state index in [2.05, 4.69) is 17.5 Å². The summed E-state index contributed by atoms with van der Waals surface area (Å²) >= 11 is 1.87. The lowest BCUT2D eigenvalue weighted by atomic mass is 9.82. The molecule has 0 bridgehead atoms. The molecule has 1 aliphatic carbocycles. The zero-order valence-electron chi connectivity index (χ0n) is 9.32. The molecule has 2 aliphatic rings. The van der Waals surface area contributed by atoms with Gasteiger partial charge in [0.2, 0.25) is 0 Å². The van der Waals surface area contributed by atoms with Crippen LogP contribution in [0.5, 0.6) is 0 Å². The van der Waals surface area contributed by atoms with E-state index in [1.165, 1.54) is 29.7 Å². The number of ether oxygens (including phenoxy) is 1. The highest BCUT2D eigenvalue weighted by molar-refractivity contribution is 7.10. The van der Waals surface area contributed by atoms with Crippen molar-refractivity contribution in [1.29, 1.82) is 0 Å². The van der Waals surface area contributed by atoms with Crippen molar-refractivity contribution in [3.05, 3.63) is 33.7 Å². The Hall–Kier alpha value is -0.800. The van der Waals surface area contributed by atoms with Crippen LogP contribution < -0.4 is 5.73 Å².